The second-order valence-electron chi connectivity index (χ2n) is 8.09. The summed E-state index contributed by atoms with van der Waals surface area (Å²) in [7, 11) is 0. The van der Waals surface area contributed by atoms with E-state index in [9.17, 15) is 22.8 Å². The van der Waals surface area contributed by atoms with E-state index in [0.717, 1.165) is 28.8 Å². The zero-order valence-corrected chi connectivity index (χ0v) is 20.8. The molecule has 0 saturated heterocycles. The minimum atomic E-state index is -4.40. The highest BCUT2D eigenvalue weighted by atomic mass is 32.2. The smallest absolute Gasteiger partial charge is 0.430 e. The summed E-state index contributed by atoms with van der Waals surface area (Å²) in [6.45, 7) is 9.06. The Morgan fingerprint density at radius 1 is 1.06 bits per heavy atom. The van der Waals surface area contributed by atoms with Crippen LogP contribution in [0.1, 0.15) is 28.0 Å². The second-order valence-corrected chi connectivity index (χ2v) is 9.25. The summed E-state index contributed by atoms with van der Waals surface area (Å²) in [5.74, 6) is 0.679. The molecule has 0 fully saturated rings. The molecule has 1 heterocycles. The van der Waals surface area contributed by atoms with E-state index in [1.54, 1.807) is 0 Å². The van der Waals surface area contributed by atoms with Gasteiger partial charge in [-0.2, -0.15) is 13.2 Å². The Balaban J connectivity index is 1.88. The van der Waals surface area contributed by atoms with Gasteiger partial charge >= 0.3 is 18.0 Å². The lowest BCUT2D eigenvalue weighted by Gasteiger charge is -2.15. The van der Waals surface area contributed by atoms with Crippen molar-refractivity contribution in [1.29, 1.82) is 0 Å². The number of rotatable bonds is 8. The van der Waals surface area contributed by atoms with Crippen LogP contribution >= 0.6 is 11.8 Å². The SMILES string of the molecule is C=CCOC(=O)Oc1cc(CCSc2ccc(C(F)(F)F)cc2)oc(=O)c1-c1c(C)cc(C)cc1C. The summed E-state index contributed by atoms with van der Waals surface area (Å²) < 4.78 is 54.1. The highest BCUT2D eigenvalue weighted by Crippen LogP contribution is 2.35. The maximum Gasteiger partial charge on any atom is 0.514 e. The zero-order valence-electron chi connectivity index (χ0n) is 20.0. The Morgan fingerprint density at radius 3 is 2.28 bits per heavy atom. The second kappa shape index (κ2) is 11.5. The lowest BCUT2D eigenvalue weighted by molar-refractivity contribution is -0.137. The molecule has 0 N–H and O–H groups in total. The van der Waals surface area contributed by atoms with E-state index >= 15 is 0 Å². The number of aryl methyl sites for hydroxylation is 4. The van der Waals surface area contributed by atoms with Crippen molar-refractivity contribution in [3.8, 4) is 16.9 Å². The van der Waals surface area contributed by atoms with Crippen molar-refractivity contribution in [2.75, 3.05) is 12.4 Å². The number of alkyl halides is 3. The third-order valence-electron chi connectivity index (χ3n) is 5.20. The van der Waals surface area contributed by atoms with Crippen LogP contribution in [-0.4, -0.2) is 18.5 Å². The van der Waals surface area contributed by atoms with E-state index in [4.69, 9.17) is 13.9 Å². The maximum atomic E-state index is 13.1. The van der Waals surface area contributed by atoms with Gasteiger partial charge in [0, 0.05) is 23.1 Å². The first kappa shape index (κ1) is 27.1. The first-order chi connectivity index (χ1) is 17.0. The summed E-state index contributed by atoms with van der Waals surface area (Å²) in [5.41, 5.74) is 1.97. The highest BCUT2D eigenvalue weighted by molar-refractivity contribution is 7.99. The van der Waals surface area contributed by atoms with Crippen molar-refractivity contribution in [3.05, 3.63) is 93.6 Å². The molecule has 1 aromatic heterocycles. The van der Waals surface area contributed by atoms with E-state index in [2.05, 4.69) is 6.58 Å². The van der Waals surface area contributed by atoms with Gasteiger partial charge in [0.15, 0.2) is 5.75 Å². The van der Waals surface area contributed by atoms with E-state index in [1.165, 1.54) is 36.0 Å². The molecular formula is C27H25F3O5S. The van der Waals surface area contributed by atoms with Crippen LogP contribution in [0.25, 0.3) is 11.1 Å². The summed E-state index contributed by atoms with van der Waals surface area (Å²) in [4.78, 5) is 25.9. The third kappa shape index (κ3) is 6.81. The third-order valence-corrected chi connectivity index (χ3v) is 6.22. The molecule has 0 spiro atoms. The number of hydrogen-bond donors (Lipinski definition) is 0. The monoisotopic (exact) mass is 518 g/mol. The standard InChI is InChI=1S/C27H25F3O5S/c1-5-11-33-26(32)35-22-15-20(10-12-36-21-8-6-19(7-9-21)27(28,29)30)34-25(31)24(22)23-17(3)13-16(2)14-18(23)4/h5-9,13-15H,1,10-12H2,2-4H3. The Bertz CT molecular complexity index is 1290. The van der Waals surface area contributed by atoms with Crippen LogP contribution in [-0.2, 0) is 17.3 Å². The van der Waals surface area contributed by atoms with Crippen LogP contribution < -0.4 is 10.4 Å². The molecule has 0 aliphatic heterocycles. The minimum Gasteiger partial charge on any atom is -0.430 e. The predicted molar refractivity (Wildman–Crippen MR) is 133 cm³/mol. The number of benzene rings is 2. The van der Waals surface area contributed by atoms with Gasteiger partial charge in [-0.15, -0.1) is 11.8 Å². The molecule has 5 nitrogen and oxygen atoms in total. The molecule has 9 heteroatoms. The largest absolute Gasteiger partial charge is 0.514 e. The number of thioether (sulfide) groups is 1. The molecule has 0 amide bonds. The number of carbonyl (C=O) groups is 1. The van der Waals surface area contributed by atoms with Gasteiger partial charge < -0.3 is 13.9 Å². The van der Waals surface area contributed by atoms with E-state index < -0.39 is 23.5 Å². The summed E-state index contributed by atoms with van der Waals surface area (Å²) in [5, 5.41) is 0. The summed E-state index contributed by atoms with van der Waals surface area (Å²) in [6.07, 6.45) is -3.73. The number of carbonyl (C=O) groups excluding carboxylic acids is 1. The molecule has 3 rings (SSSR count). The molecular weight excluding hydrogens is 493 g/mol. The van der Waals surface area contributed by atoms with Crippen molar-refractivity contribution in [3.63, 3.8) is 0 Å². The van der Waals surface area contributed by atoms with Gasteiger partial charge in [-0.3, -0.25) is 0 Å². The van der Waals surface area contributed by atoms with E-state index in [1.807, 2.05) is 32.9 Å². The lowest BCUT2D eigenvalue weighted by atomic mass is 9.94. The van der Waals surface area contributed by atoms with Gasteiger partial charge in [-0.1, -0.05) is 30.4 Å². The van der Waals surface area contributed by atoms with Crippen molar-refractivity contribution in [1.82, 2.24) is 0 Å². The van der Waals surface area contributed by atoms with Gasteiger partial charge in [0.2, 0.25) is 0 Å². The Labute approximate surface area is 210 Å². The summed E-state index contributed by atoms with van der Waals surface area (Å²) >= 11 is 1.31. The maximum absolute atomic E-state index is 13.1. The number of ether oxygens (including phenoxy) is 2. The molecule has 2 aromatic carbocycles. The molecule has 0 radical (unpaired) electrons. The Morgan fingerprint density at radius 2 is 1.69 bits per heavy atom. The average Bonchev–Trinajstić information content (AvgIpc) is 2.78. The molecule has 3 aromatic rings. The first-order valence-corrected chi connectivity index (χ1v) is 12.0. The van der Waals surface area contributed by atoms with E-state index in [0.29, 0.717) is 16.2 Å². The summed E-state index contributed by atoms with van der Waals surface area (Å²) in [6, 6.07) is 10.1. The number of hydrogen-bond acceptors (Lipinski definition) is 6. The fraction of sp³-hybridized carbons (Fsp3) is 0.259. The van der Waals surface area contributed by atoms with Gasteiger partial charge in [0.1, 0.15) is 17.9 Å². The van der Waals surface area contributed by atoms with Crippen molar-refractivity contribution in [2.45, 2.75) is 38.3 Å². The van der Waals surface area contributed by atoms with Crippen LogP contribution in [0.15, 0.2) is 69.2 Å². The minimum absolute atomic E-state index is 0.00453. The van der Waals surface area contributed by atoms with Crippen LogP contribution in [0, 0.1) is 20.8 Å². The molecule has 36 heavy (non-hydrogen) atoms. The fourth-order valence-corrected chi connectivity index (χ4v) is 4.65. The van der Waals surface area contributed by atoms with Crippen molar-refractivity contribution in [2.24, 2.45) is 0 Å². The van der Waals surface area contributed by atoms with Crippen LogP contribution in [0.2, 0.25) is 0 Å². The Hall–Kier alpha value is -3.46. The predicted octanol–water partition coefficient (Wildman–Crippen LogP) is 7.29. The van der Waals surface area contributed by atoms with Crippen LogP contribution in [0.3, 0.4) is 0 Å². The normalized spacial score (nSPS) is 11.3. The molecule has 0 saturated carbocycles. The molecule has 0 aliphatic carbocycles. The quantitative estimate of drug-likeness (QED) is 0.177. The van der Waals surface area contributed by atoms with Gasteiger partial charge in [-0.05, 0) is 61.7 Å². The van der Waals surface area contributed by atoms with Gasteiger partial charge in [0.25, 0.3) is 0 Å². The number of halogens is 3. The van der Waals surface area contributed by atoms with Crippen LogP contribution in [0.4, 0.5) is 18.0 Å². The van der Waals surface area contributed by atoms with Crippen LogP contribution in [0.5, 0.6) is 5.75 Å². The first-order valence-electron chi connectivity index (χ1n) is 11.0. The van der Waals surface area contributed by atoms with Gasteiger partial charge in [0.05, 0.1) is 5.56 Å². The fourth-order valence-electron chi connectivity index (χ4n) is 3.78. The molecule has 0 atom stereocenters. The molecule has 0 bridgehead atoms. The average molecular weight is 519 g/mol. The zero-order chi connectivity index (χ0) is 26.5. The topological polar surface area (TPSA) is 65.7 Å². The van der Waals surface area contributed by atoms with E-state index in [-0.39, 0.29) is 30.1 Å². The molecule has 0 aliphatic rings. The Kier molecular flexibility index (Phi) is 8.68. The van der Waals surface area contributed by atoms with Crippen molar-refractivity contribution >= 4 is 17.9 Å². The molecule has 190 valence electrons. The molecule has 0 unspecified atom stereocenters. The highest BCUT2D eigenvalue weighted by Gasteiger charge is 2.30. The van der Waals surface area contributed by atoms with Crippen molar-refractivity contribution < 1.29 is 31.9 Å². The van der Waals surface area contributed by atoms with Gasteiger partial charge in [-0.25, -0.2) is 9.59 Å². The lowest BCUT2D eigenvalue weighted by Crippen LogP contribution is -2.16.